The number of benzene rings is 2. The number of amides is 2. The second kappa shape index (κ2) is 11.8. The molecule has 1 saturated heterocycles. The van der Waals surface area contributed by atoms with E-state index in [1.54, 1.807) is 25.5 Å². The van der Waals surface area contributed by atoms with Gasteiger partial charge in [-0.15, -0.1) is 11.3 Å². The molecule has 0 bridgehead atoms. The van der Waals surface area contributed by atoms with E-state index in [0.717, 1.165) is 71.3 Å². The molecule has 2 fully saturated rings. The van der Waals surface area contributed by atoms with E-state index in [1.807, 2.05) is 30.0 Å². The van der Waals surface area contributed by atoms with E-state index in [1.165, 1.54) is 6.42 Å². The average Bonchev–Trinajstić information content (AvgIpc) is 3.65. The fraction of sp³-hybridized carbons (Fsp3) is 0.500. The number of likely N-dealkylation sites (tertiary alicyclic amines) is 1. The quantitative estimate of drug-likeness (QED) is 0.379. The van der Waals surface area contributed by atoms with Crippen LogP contribution in [0.2, 0.25) is 0 Å². The largest absolute Gasteiger partial charge is 0.496 e. The number of carbonyl (C=O) groups is 2. The molecule has 7 nitrogen and oxygen atoms in total. The number of rotatable bonds is 8. The Hall–Kier alpha value is -2.97. The van der Waals surface area contributed by atoms with Crippen molar-refractivity contribution in [3.8, 4) is 17.0 Å². The van der Waals surface area contributed by atoms with Gasteiger partial charge in [0.25, 0.3) is 0 Å². The minimum Gasteiger partial charge on any atom is -0.496 e. The highest BCUT2D eigenvalue weighted by Crippen LogP contribution is 2.40. The molecule has 206 valence electrons. The molecule has 0 unspecified atom stereocenters. The lowest BCUT2D eigenvalue weighted by Gasteiger charge is -2.35. The summed E-state index contributed by atoms with van der Waals surface area (Å²) in [5.41, 5.74) is 1.98. The lowest BCUT2D eigenvalue weighted by molar-refractivity contribution is -0.139. The Morgan fingerprint density at radius 1 is 1.08 bits per heavy atom. The van der Waals surface area contributed by atoms with E-state index in [-0.39, 0.29) is 32.7 Å². The summed E-state index contributed by atoms with van der Waals surface area (Å²) >= 11 is 1.62. The fourth-order valence-electron chi connectivity index (χ4n) is 5.96. The Balaban J connectivity index is 0.00000220. The molecule has 0 spiro atoms. The second-order valence-electron chi connectivity index (χ2n) is 10.5. The summed E-state index contributed by atoms with van der Waals surface area (Å²) in [4.78, 5) is 33.9. The Morgan fingerprint density at radius 2 is 1.84 bits per heavy atom. The molecule has 2 aliphatic rings. The molecular formula is C30H42N4O3S. The van der Waals surface area contributed by atoms with Crippen LogP contribution in [0, 0.1) is 5.92 Å². The topological polar surface area (TPSA) is 83.6 Å². The molecule has 1 aromatic heterocycles. The number of aromatic nitrogens is 1. The second-order valence-corrected chi connectivity index (χ2v) is 11.4. The third-order valence-electron chi connectivity index (χ3n) is 8.23. The number of carbonyl (C=O) groups excluding carboxylic acids is 2. The van der Waals surface area contributed by atoms with Crippen molar-refractivity contribution in [3.05, 3.63) is 46.8 Å². The molecule has 3 atom stereocenters. The maximum Gasteiger partial charge on any atom is 0.246 e. The number of nitrogens with one attached hydrogen (secondary N) is 2. The third-order valence-corrected chi connectivity index (χ3v) is 9.18. The molecular weight excluding hydrogens is 496 g/mol. The van der Waals surface area contributed by atoms with Crippen molar-refractivity contribution in [2.24, 2.45) is 5.92 Å². The van der Waals surface area contributed by atoms with Crippen molar-refractivity contribution in [1.29, 1.82) is 0 Å². The van der Waals surface area contributed by atoms with Gasteiger partial charge in [-0.3, -0.25) is 9.59 Å². The van der Waals surface area contributed by atoms with Gasteiger partial charge in [0.05, 0.1) is 24.9 Å². The molecule has 3 aromatic rings. The van der Waals surface area contributed by atoms with E-state index in [4.69, 9.17) is 9.72 Å². The summed E-state index contributed by atoms with van der Waals surface area (Å²) in [6.07, 6.45) is 7.22. The summed E-state index contributed by atoms with van der Waals surface area (Å²) in [6.45, 7) is 2.53. The lowest BCUT2D eigenvalue weighted by Crippen LogP contribution is -2.55. The molecule has 2 heterocycles. The first-order valence-corrected chi connectivity index (χ1v) is 14.7. The number of ether oxygens (including phenoxy) is 1. The maximum absolute atomic E-state index is 14.1. The van der Waals surface area contributed by atoms with E-state index in [0.29, 0.717) is 6.54 Å². The van der Waals surface area contributed by atoms with Gasteiger partial charge in [0.1, 0.15) is 16.8 Å². The SMILES string of the molecule is CN[C@@H](C)C(=O)N[C@H](C(=O)N1CCC[C@H]1c1nc(-c2ccc(OC)c3ccccc23)cs1)C1CCCCC1.[HH].[HH]. The normalized spacial score (nSPS) is 19.9. The van der Waals surface area contributed by atoms with Crippen molar-refractivity contribution in [3.63, 3.8) is 0 Å². The minimum atomic E-state index is -0.482. The zero-order valence-electron chi connectivity index (χ0n) is 22.5. The highest BCUT2D eigenvalue weighted by molar-refractivity contribution is 7.10. The summed E-state index contributed by atoms with van der Waals surface area (Å²) in [6, 6.07) is 11.4. The first kappa shape index (κ1) is 26.6. The van der Waals surface area contributed by atoms with Gasteiger partial charge in [-0.1, -0.05) is 43.5 Å². The number of thiazole rings is 1. The predicted molar refractivity (Wildman–Crippen MR) is 157 cm³/mol. The molecule has 2 amide bonds. The van der Waals surface area contributed by atoms with Crippen molar-refractivity contribution >= 4 is 33.9 Å². The Morgan fingerprint density at radius 3 is 2.58 bits per heavy atom. The Bertz CT molecular complexity index is 1300. The molecule has 5 rings (SSSR count). The first-order valence-electron chi connectivity index (χ1n) is 13.8. The molecule has 38 heavy (non-hydrogen) atoms. The summed E-state index contributed by atoms with van der Waals surface area (Å²) in [7, 11) is 3.46. The van der Waals surface area contributed by atoms with Gasteiger partial charge in [0, 0.05) is 25.7 Å². The van der Waals surface area contributed by atoms with Crippen molar-refractivity contribution in [2.75, 3.05) is 20.7 Å². The molecule has 2 aromatic carbocycles. The molecule has 2 N–H and O–H groups in total. The standard InChI is InChI=1S/C30H38N4O3S.2H2/c1-19(31-2)28(35)33-27(20-10-5-4-6-11-20)30(36)34-17-9-14-25(34)29-32-24(18-38-29)22-15-16-26(37-3)23-13-8-7-12-21(22)23;;/h7-8,12-13,15-16,18-20,25,27,31H,4-6,9-11,14,17H2,1-3H3,(H,33,35);2*1H/t19-,25-,27-;;/m0../s1. The number of methoxy groups -OCH3 is 1. The van der Waals surface area contributed by atoms with Gasteiger partial charge >= 0.3 is 0 Å². The Labute approximate surface area is 231 Å². The van der Waals surface area contributed by atoms with Crippen LogP contribution in [0.15, 0.2) is 41.8 Å². The number of likely N-dealkylation sites (N-methyl/N-ethyl adjacent to an activating group) is 1. The van der Waals surface area contributed by atoms with Crippen LogP contribution in [0.5, 0.6) is 5.75 Å². The van der Waals surface area contributed by atoms with Gasteiger partial charge in [0.2, 0.25) is 11.8 Å². The van der Waals surface area contributed by atoms with Crippen LogP contribution in [0.3, 0.4) is 0 Å². The van der Waals surface area contributed by atoms with E-state index in [9.17, 15) is 9.59 Å². The van der Waals surface area contributed by atoms with E-state index >= 15 is 0 Å². The molecule has 1 aliphatic heterocycles. The monoisotopic (exact) mass is 538 g/mol. The highest BCUT2D eigenvalue weighted by atomic mass is 32.1. The first-order chi connectivity index (χ1) is 18.5. The molecule has 1 aliphatic carbocycles. The number of hydrogen-bond donors (Lipinski definition) is 2. The fourth-order valence-corrected chi connectivity index (χ4v) is 6.93. The highest BCUT2D eigenvalue weighted by Gasteiger charge is 2.40. The summed E-state index contributed by atoms with van der Waals surface area (Å²) < 4.78 is 5.57. The maximum atomic E-state index is 14.1. The van der Waals surface area contributed by atoms with Crippen LogP contribution in [0.1, 0.15) is 65.8 Å². The van der Waals surface area contributed by atoms with Crippen LogP contribution in [0.4, 0.5) is 0 Å². The van der Waals surface area contributed by atoms with E-state index < -0.39 is 6.04 Å². The van der Waals surface area contributed by atoms with E-state index in [2.05, 4.69) is 34.2 Å². The minimum absolute atomic E-state index is 0. The zero-order valence-corrected chi connectivity index (χ0v) is 23.4. The predicted octanol–water partition coefficient (Wildman–Crippen LogP) is 5.80. The van der Waals surface area contributed by atoms with Gasteiger partial charge < -0.3 is 20.3 Å². The number of nitrogens with zero attached hydrogens (tertiary/aromatic N) is 2. The third kappa shape index (κ3) is 5.29. The Kier molecular flexibility index (Phi) is 8.29. The summed E-state index contributed by atoms with van der Waals surface area (Å²) in [5, 5.41) is 11.3. The van der Waals surface area contributed by atoms with Crippen molar-refractivity contribution in [2.45, 2.75) is 70.0 Å². The van der Waals surface area contributed by atoms with Crippen LogP contribution >= 0.6 is 11.3 Å². The van der Waals surface area contributed by atoms with Crippen molar-refractivity contribution in [1.82, 2.24) is 20.5 Å². The van der Waals surface area contributed by atoms with Crippen LogP contribution in [0.25, 0.3) is 22.0 Å². The zero-order chi connectivity index (χ0) is 26.6. The van der Waals surface area contributed by atoms with Gasteiger partial charge in [-0.05, 0) is 63.1 Å². The number of fused-ring (bicyclic) bond motifs is 1. The molecule has 1 saturated carbocycles. The van der Waals surface area contributed by atoms with Crippen LogP contribution in [-0.4, -0.2) is 54.5 Å². The molecule has 0 radical (unpaired) electrons. The van der Waals surface area contributed by atoms with Gasteiger partial charge in [0.15, 0.2) is 0 Å². The number of hydrogen-bond acceptors (Lipinski definition) is 6. The smallest absolute Gasteiger partial charge is 0.246 e. The van der Waals surface area contributed by atoms with Gasteiger partial charge in [-0.2, -0.15) is 0 Å². The van der Waals surface area contributed by atoms with Gasteiger partial charge in [-0.25, -0.2) is 4.98 Å². The van der Waals surface area contributed by atoms with Crippen LogP contribution in [-0.2, 0) is 9.59 Å². The lowest BCUT2D eigenvalue weighted by atomic mass is 9.83. The van der Waals surface area contributed by atoms with Crippen molar-refractivity contribution < 1.29 is 17.2 Å². The summed E-state index contributed by atoms with van der Waals surface area (Å²) in [5.74, 6) is 0.955. The molecule has 8 heteroatoms. The van der Waals surface area contributed by atoms with Crippen LogP contribution < -0.4 is 15.4 Å². The average molecular weight is 539 g/mol.